The largest absolute Gasteiger partial charge is 0.385 e. The molecular weight excluding hydrogens is 202 g/mol. The van der Waals surface area contributed by atoms with Gasteiger partial charge in [-0.15, -0.1) is 0 Å². The minimum atomic E-state index is -2.89. The van der Waals surface area contributed by atoms with Crippen molar-refractivity contribution in [3.8, 4) is 0 Å². The van der Waals surface area contributed by atoms with E-state index in [0.717, 1.165) is 6.42 Å². The van der Waals surface area contributed by atoms with Crippen LogP contribution in [-0.4, -0.2) is 39.7 Å². The minimum Gasteiger partial charge on any atom is -0.385 e. The van der Waals surface area contributed by atoms with Crippen LogP contribution in [0.15, 0.2) is 0 Å². The van der Waals surface area contributed by atoms with E-state index in [0.29, 0.717) is 19.4 Å². The predicted molar refractivity (Wildman–Crippen MR) is 58.0 cm³/mol. The first kappa shape index (κ1) is 13.9. The molecule has 0 aliphatic heterocycles. The Bertz CT molecular complexity index is 224. The van der Waals surface area contributed by atoms with E-state index in [4.69, 9.17) is 10.5 Å². The van der Waals surface area contributed by atoms with Crippen molar-refractivity contribution in [1.29, 1.82) is 0 Å². The van der Waals surface area contributed by atoms with Gasteiger partial charge in [0.2, 0.25) is 0 Å². The molecule has 5 heteroatoms. The second-order valence-electron chi connectivity index (χ2n) is 3.62. The summed E-state index contributed by atoms with van der Waals surface area (Å²) in [5.74, 6) is 0.470. The van der Waals surface area contributed by atoms with E-state index in [-0.39, 0.29) is 17.5 Å². The molecule has 0 radical (unpaired) electrons. The molecule has 1 unspecified atom stereocenters. The molecule has 0 spiro atoms. The molecule has 0 heterocycles. The lowest BCUT2D eigenvalue weighted by Gasteiger charge is -2.05. The highest BCUT2D eigenvalue weighted by molar-refractivity contribution is 7.91. The first-order valence-electron chi connectivity index (χ1n) is 4.93. The Morgan fingerprint density at radius 3 is 2.36 bits per heavy atom. The average molecular weight is 223 g/mol. The van der Waals surface area contributed by atoms with Gasteiger partial charge in [0.15, 0.2) is 0 Å². The molecule has 0 amide bonds. The molecule has 2 N–H and O–H groups in total. The summed E-state index contributed by atoms with van der Waals surface area (Å²) in [4.78, 5) is 0. The van der Waals surface area contributed by atoms with Crippen molar-refractivity contribution in [3.63, 3.8) is 0 Å². The quantitative estimate of drug-likeness (QED) is 0.611. The van der Waals surface area contributed by atoms with Crippen molar-refractivity contribution >= 4 is 9.84 Å². The molecule has 0 aliphatic rings. The molecule has 0 saturated heterocycles. The van der Waals surface area contributed by atoms with Crippen LogP contribution in [0.4, 0.5) is 0 Å². The van der Waals surface area contributed by atoms with Crippen molar-refractivity contribution in [2.75, 3.05) is 25.2 Å². The highest BCUT2D eigenvalue weighted by Gasteiger charge is 2.10. The summed E-state index contributed by atoms with van der Waals surface area (Å²) in [6.07, 6.45) is 2.01. The Kier molecular flexibility index (Phi) is 7.13. The van der Waals surface area contributed by atoms with E-state index in [9.17, 15) is 8.42 Å². The summed E-state index contributed by atoms with van der Waals surface area (Å²) in [7, 11) is -1.31. The SMILES string of the molecule is COCCCS(=O)(=O)CCCC(C)N. The van der Waals surface area contributed by atoms with E-state index in [1.165, 1.54) is 0 Å². The Morgan fingerprint density at radius 2 is 1.86 bits per heavy atom. The van der Waals surface area contributed by atoms with Crippen LogP contribution in [0.25, 0.3) is 0 Å². The van der Waals surface area contributed by atoms with Crippen LogP contribution >= 0.6 is 0 Å². The number of ether oxygens (including phenoxy) is 1. The van der Waals surface area contributed by atoms with Crippen molar-refractivity contribution in [2.45, 2.75) is 32.2 Å². The van der Waals surface area contributed by atoms with Crippen molar-refractivity contribution < 1.29 is 13.2 Å². The fraction of sp³-hybridized carbons (Fsp3) is 1.00. The second-order valence-corrected chi connectivity index (χ2v) is 5.92. The molecule has 0 rings (SSSR count). The normalized spacial score (nSPS) is 14.2. The van der Waals surface area contributed by atoms with Crippen LogP contribution < -0.4 is 5.73 Å². The topological polar surface area (TPSA) is 69.4 Å². The fourth-order valence-corrected chi connectivity index (χ4v) is 2.52. The first-order valence-corrected chi connectivity index (χ1v) is 6.75. The third kappa shape index (κ3) is 8.47. The molecule has 0 aromatic heterocycles. The number of nitrogens with two attached hydrogens (primary N) is 1. The first-order chi connectivity index (χ1) is 6.48. The summed E-state index contributed by atoms with van der Waals surface area (Å²) >= 11 is 0. The molecule has 14 heavy (non-hydrogen) atoms. The van der Waals surface area contributed by atoms with Gasteiger partial charge in [0.25, 0.3) is 0 Å². The smallest absolute Gasteiger partial charge is 0.150 e. The molecule has 4 nitrogen and oxygen atoms in total. The zero-order chi connectivity index (χ0) is 11.0. The average Bonchev–Trinajstić information content (AvgIpc) is 2.03. The molecular formula is C9H21NO3S. The molecule has 0 aromatic carbocycles. The van der Waals surface area contributed by atoms with Crippen molar-refractivity contribution in [1.82, 2.24) is 0 Å². The highest BCUT2D eigenvalue weighted by atomic mass is 32.2. The van der Waals surface area contributed by atoms with Crippen LogP contribution in [0.3, 0.4) is 0 Å². The second kappa shape index (κ2) is 7.20. The molecule has 1 atom stereocenters. The van der Waals surface area contributed by atoms with Gasteiger partial charge in [0.1, 0.15) is 9.84 Å². The fourth-order valence-electron chi connectivity index (χ4n) is 1.15. The third-order valence-corrected chi connectivity index (χ3v) is 3.74. The number of hydrogen-bond acceptors (Lipinski definition) is 4. The van der Waals surface area contributed by atoms with Gasteiger partial charge in [-0.25, -0.2) is 8.42 Å². The van der Waals surface area contributed by atoms with Crippen molar-refractivity contribution in [3.05, 3.63) is 0 Å². The Labute approximate surface area is 86.7 Å². The van der Waals surface area contributed by atoms with Crippen LogP contribution in [0.1, 0.15) is 26.2 Å². The van der Waals surface area contributed by atoms with Gasteiger partial charge < -0.3 is 10.5 Å². The number of hydrogen-bond donors (Lipinski definition) is 1. The van der Waals surface area contributed by atoms with Gasteiger partial charge in [-0.1, -0.05) is 0 Å². The third-order valence-electron chi connectivity index (χ3n) is 1.92. The Hall–Kier alpha value is -0.130. The summed E-state index contributed by atoms with van der Waals surface area (Å²) in [5, 5.41) is 0. The highest BCUT2D eigenvalue weighted by Crippen LogP contribution is 2.01. The summed E-state index contributed by atoms with van der Waals surface area (Å²) in [6, 6.07) is 0.0872. The van der Waals surface area contributed by atoms with Gasteiger partial charge >= 0.3 is 0 Å². The van der Waals surface area contributed by atoms with Crippen LogP contribution in [0.5, 0.6) is 0 Å². The van der Waals surface area contributed by atoms with Crippen molar-refractivity contribution in [2.24, 2.45) is 5.73 Å². The van der Waals surface area contributed by atoms with Gasteiger partial charge in [-0.3, -0.25) is 0 Å². The summed E-state index contributed by atoms with van der Waals surface area (Å²) in [6.45, 7) is 2.39. The zero-order valence-electron chi connectivity index (χ0n) is 9.03. The van der Waals surface area contributed by atoms with Crippen LogP contribution in [0.2, 0.25) is 0 Å². The van der Waals surface area contributed by atoms with E-state index in [1.54, 1.807) is 7.11 Å². The Morgan fingerprint density at radius 1 is 1.29 bits per heavy atom. The van der Waals surface area contributed by atoms with Gasteiger partial charge in [0.05, 0.1) is 11.5 Å². The van der Waals surface area contributed by atoms with E-state index >= 15 is 0 Å². The lowest BCUT2D eigenvalue weighted by atomic mass is 10.2. The maximum atomic E-state index is 11.4. The molecule has 0 aromatic rings. The Balaban J connectivity index is 3.62. The lowest BCUT2D eigenvalue weighted by molar-refractivity contribution is 0.199. The lowest BCUT2D eigenvalue weighted by Crippen LogP contribution is -2.18. The van der Waals surface area contributed by atoms with Gasteiger partial charge in [-0.2, -0.15) is 0 Å². The van der Waals surface area contributed by atoms with Gasteiger partial charge in [0, 0.05) is 19.8 Å². The zero-order valence-corrected chi connectivity index (χ0v) is 9.85. The number of methoxy groups -OCH3 is 1. The molecule has 86 valence electrons. The van der Waals surface area contributed by atoms with Gasteiger partial charge in [-0.05, 0) is 26.2 Å². The molecule has 0 aliphatic carbocycles. The van der Waals surface area contributed by atoms with E-state index < -0.39 is 9.84 Å². The maximum absolute atomic E-state index is 11.4. The van der Waals surface area contributed by atoms with Crippen LogP contribution in [0, 0.1) is 0 Å². The molecule has 0 bridgehead atoms. The van der Waals surface area contributed by atoms with Crippen LogP contribution in [-0.2, 0) is 14.6 Å². The predicted octanol–water partition coefficient (Wildman–Crippen LogP) is 0.565. The monoisotopic (exact) mass is 223 g/mol. The number of sulfone groups is 1. The molecule has 0 saturated carbocycles. The summed E-state index contributed by atoms with van der Waals surface area (Å²) < 4.78 is 27.6. The summed E-state index contributed by atoms with van der Waals surface area (Å²) in [5.41, 5.74) is 5.53. The standard InChI is InChI=1S/C9H21NO3S/c1-9(10)5-3-7-14(11,12)8-4-6-13-2/h9H,3-8,10H2,1-2H3. The molecule has 0 fully saturated rings. The maximum Gasteiger partial charge on any atom is 0.150 e. The van der Waals surface area contributed by atoms with E-state index in [2.05, 4.69) is 0 Å². The number of rotatable bonds is 8. The minimum absolute atomic E-state index is 0.0872. The van der Waals surface area contributed by atoms with E-state index in [1.807, 2.05) is 6.92 Å².